The molecule has 0 aliphatic heterocycles. The lowest BCUT2D eigenvalue weighted by Gasteiger charge is -2.64. The number of ether oxygens (including phenoxy) is 4. The number of aliphatic hydroxyl groups excluding tert-OH is 3. The van der Waals surface area contributed by atoms with Crippen LogP contribution in [0.4, 0.5) is 0 Å². The minimum atomic E-state index is -0.722. The molecular weight excluding hydrogens is 701 g/mol. The largest absolute Gasteiger partial charge is 0.394 e. The van der Waals surface area contributed by atoms with Gasteiger partial charge >= 0.3 is 0 Å². The molecule has 0 spiro atoms. The highest BCUT2D eigenvalue weighted by Crippen LogP contribution is 2.71. The van der Waals surface area contributed by atoms with Crippen LogP contribution < -0.4 is 0 Å². The molecule has 7 heteroatoms. The van der Waals surface area contributed by atoms with Crippen LogP contribution in [0.2, 0.25) is 0 Å². The second-order valence-electron chi connectivity index (χ2n) is 17.6. The highest BCUT2D eigenvalue weighted by atomic mass is 16.6. The predicted octanol–water partition coefficient (Wildman–Crippen LogP) is 8.54. The van der Waals surface area contributed by atoms with E-state index < -0.39 is 5.60 Å². The molecule has 0 saturated heterocycles. The molecule has 4 fully saturated rings. The third kappa shape index (κ3) is 7.91. The van der Waals surface area contributed by atoms with Gasteiger partial charge in [-0.05, 0) is 121 Å². The van der Waals surface area contributed by atoms with E-state index in [0.29, 0.717) is 56.0 Å². The fourth-order valence-corrected chi connectivity index (χ4v) is 12.3. The summed E-state index contributed by atoms with van der Waals surface area (Å²) in [7, 11) is 0. The van der Waals surface area contributed by atoms with E-state index in [1.165, 1.54) is 5.92 Å². The molecular formula is C49H66O7. The Bertz CT molecular complexity index is 1520. The van der Waals surface area contributed by atoms with Gasteiger partial charge in [-0.15, -0.1) is 0 Å². The molecule has 0 aromatic heterocycles. The first-order valence-electron chi connectivity index (χ1n) is 21.5. The van der Waals surface area contributed by atoms with Crippen molar-refractivity contribution < 1.29 is 34.3 Å². The SMILES string of the molecule is CC(CCCOC(c1ccccc1)(c1ccccc1)c1ccccc1)C1CCC2[C]3C(OCCO)C[C]4CC(OCCO)CCC4(C)C3CC(COCO)C21C. The summed E-state index contributed by atoms with van der Waals surface area (Å²) in [6.07, 6.45) is 9.28. The fraction of sp³-hybridized carbons (Fsp3) is 0.592. The Labute approximate surface area is 336 Å². The van der Waals surface area contributed by atoms with Crippen molar-refractivity contribution in [3.05, 3.63) is 120 Å². The van der Waals surface area contributed by atoms with Gasteiger partial charge in [0.05, 0.1) is 45.2 Å². The maximum absolute atomic E-state index is 9.94. The average molecular weight is 767 g/mol. The molecule has 7 rings (SSSR count). The van der Waals surface area contributed by atoms with Crippen LogP contribution in [0.15, 0.2) is 91.0 Å². The zero-order valence-corrected chi connectivity index (χ0v) is 34.0. The molecule has 4 aliphatic rings. The number of benzene rings is 3. The third-order valence-electron chi connectivity index (χ3n) is 15.0. The number of fused-ring (bicyclic) bond motifs is 5. The monoisotopic (exact) mass is 766 g/mol. The van der Waals surface area contributed by atoms with Crippen molar-refractivity contribution in [2.45, 2.75) is 96.4 Å². The highest BCUT2D eigenvalue weighted by Gasteiger charge is 2.66. The molecule has 2 radical (unpaired) electrons. The van der Waals surface area contributed by atoms with Crippen LogP contribution in [0.3, 0.4) is 0 Å². The first kappa shape index (κ1) is 41.5. The maximum atomic E-state index is 9.94. The second-order valence-corrected chi connectivity index (χ2v) is 17.6. The van der Waals surface area contributed by atoms with E-state index in [1.807, 2.05) is 0 Å². The summed E-state index contributed by atoms with van der Waals surface area (Å²) in [6, 6.07) is 31.9. The Morgan fingerprint density at radius 2 is 1.34 bits per heavy atom. The molecule has 4 aliphatic carbocycles. The average Bonchev–Trinajstić information content (AvgIpc) is 3.60. The van der Waals surface area contributed by atoms with Crippen molar-refractivity contribution in [1.29, 1.82) is 0 Å². The van der Waals surface area contributed by atoms with E-state index in [0.717, 1.165) is 74.5 Å². The Kier molecular flexibility index (Phi) is 13.7. The first-order chi connectivity index (χ1) is 27.3. The topological polar surface area (TPSA) is 97.6 Å². The van der Waals surface area contributed by atoms with Gasteiger partial charge in [-0.2, -0.15) is 0 Å². The zero-order valence-electron chi connectivity index (χ0n) is 34.0. The summed E-state index contributed by atoms with van der Waals surface area (Å²) >= 11 is 0. The molecule has 4 saturated carbocycles. The normalized spacial score (nSPS) is 31.4. The van der Waals surface area contributed by atoms with Crippen LogP contribution in [0.5, 0.6) is 0 Å². The molecule has 7 nitrogen and oxygen atoms in total. The van der Waals surface area contributed by atoms with Crippen LogP contribution >= 0.6 is 0 Å². The number of rotatable bonds is 18. The number of hydrogen-bond acceptors (Lipinski definition) is 7. The van der Waals surface area contributed by atoms with Crippen LogP contribution in [0, 0.1) is 52.3 Å². The number of hydrogen-bond donors (Lipinski definition) is 3. The van der Waals surface area contributed by atoms with Gasteiger partial charge in [0.25, 0.3) is 0 Å². The smallest absolute Gasteiger partial charge is 0.143 e. The standard InChI is InChI=1S/C49H66O7/c1-35(14-13-27-56-49(36-15-7-4-8-16-36,37-17-9-5-10-18-37)38-19-11-6-12-20-38)42-21-22-43-46-44(31-40(33-53-34-52)48(42,43)3)47(2)24-23-41(54-28-25-50)30-39(47)32-45(46)55-29-26-51/h4-12,15-20,35,40-45,50-52H,13-14,21-34H2,1-3H3. The van der Waals surface area contributed by atoms with Crippen LogP contribution in [-0.4, -0.2) is 74.0 Å². The Morgan fingerprint density at radius 1 is 0.732 bits per heavy atom. The van der Waals surface area contributed by atoms with Gasteiger partial charge in [-0.3, -0.25) is 0 Å². The highest BCUT2D eigenvalue weighted by molar-refractivity contribution is 5.47. The van der Waals surface area contributed by atoms with Crippen molar-refractivity contribution in [3.8, 4) is 0 Å². The Morgan fingerprint density at radius 3 is 1.93 bits per heavy atom. The molecule has 0 bridgehead atoms. The van der Waals surface area contributed by atoms with E-state index >= 15 is 0 Å². The van der Waals surface area contributed by atoms with Gasteiger partial charge in [0.15, 0.2) is 0 Å². The number of aliphatic hydroxyl groups is 3. The van der Waals surface area contributed by atoms with Crippen LogP contribution in [0.25, 0.3) is 0 Å². The summed E-state index contributed by atoms with van der Waals surface area (Å²) < 4.78 is 25.9. The van der Waals surface area contributed by atoms with E-state index in [1.54, 1.807) is 5.92 Å². The van der Waals surface area contributed by atoms with E-state index in [-0.39, 0.29) is 43.0 Å². The third-order valence-corrected chi connectivity index (χ3v) is 15.0. The zero-order chi connectivity index (χ0) is 39.2. The van der Waals surface area contributed by atoms with Crippen molar-refractivity contribution in [3.63, 3.8) is 0 Å². The lowest BCUT2D eigenvalue weighted by molar-refractivity contribution is -0.130. The van der Waals surface area contributed by atoms with Gasteiger partial charge in [0.2, 0.25) is 0 Å². The first-order valence-corrected chi connectivity index (χ1v) is 21.5. The van der Waals surface area contributed by atoms with E-state index in [9.17, 15) is 15.3 Å². The molecule has 3 N–H and O–H groups in total. The molecule has 0 heterocycles. The Hall–Kier alpha value is -2.62. The molecule has 3 aromatic rings. The minimum absolute atomic E-state index is 0.000716. The molecule has 9 atom stereocenters. The molecule has 0 amide bonds. The van der Waals surface area contributed by atoms with E-state index in [2.05, 4.69) is 112 Å². The molecule has 56 heavy (non-hydrogen) atoms. The van der Waals surface area contributed by atoms with Crippen molar-refractivity contribution in [2.24, 2.45) is 40.4 Å². The summed E-state index contributed by atoms with van der Waals surface area (Å²) in [5, 5.41) is 29.3. The molecule has 9 unspecified atom stereocenters. The van der Waals surface area contributed by atoms with Crippen molar-refractivity contribution in [1.82, 2.24) is 0 Å². The quantitative estimate of drug-likeness (QED) is 0.0679. The lowest BCUT2D eigenvalue weighted by Crippen LogP contribution is -2.60. The van der Waals surface area contributed by atoms with Gasteiger partial charge in [-0.25, -0.2) is 0 Å². The molecule has 3 aromatic carbocycles. The van der Waals surface area contributed by atoms with Gasteiger partial charge in [0.1, 0.15) is 12.4 Å². The van der Waals surface area contributed by atoms with Gasteiger partial charge in [-0.1, -0.05) is 112 Å². The van der Waals surface area contributed by atoms with Crippen LogP contribution in [0.1, 0.15) is 95.2 Å². The van der Waals surface area contributed by atoms with Gasteiger partial charge < -0.3 is 34.3 Å². The van der Waals surface area contributed by atoms with E-state index in [4.69, 9.17) is 18.9 Å². The van der Waals surface area contributed by atoms with Crippen molar-refractivity contribution in [2.75, 3.05) is 46.4 Å². The Balaban J connectivity index is 1.12. The summed E-state index contributed by atoms with van der Waals surface area (Å²) in [4.78, 5) is 0. The van der Waals surface area contributed by atoms with Crippen LogP contribution in [-0.2, 0) is 24.5 Å². The van der Waals surface area contributed by atoms with Gasteiger partial charge in [0, 0.05) is 12.5 Å². The minimum Gasteiger partial charge on any atom is -0.394 e. The van der Waals surface area contributed by atoms with Crippen molar-refractivity contribution >= 4 is 0 Å². The lowest BCUT2D eigenvalue weighted by atomic mass is 9.41. The maximum Gasteiger partial charge on any atom is 0.143 e. The molecule has 304 valence electrons. The summed E-state index contributed by atoms with van der Waals surface area (Å²) in [5.74, 6) is 5.13. The summed E-state index contributed by atoms with van der Waals surface area (Å²) in [6.45, 7) is 9.18. The predicted molar refractivity (Wildman–Crippen MR) is 219 cm³/mol. The summed E-state index contributed by atoms with van der Waals surface area (Å²) in [5.41, 5.74) is 2.71. The fourth-order valence-electron chi connectivity index (χ4n) is 12.3. The second kappa shape index (κ2) is 18.5.